The van der Waals surface area contributed by atoms with Gasteiger partial charge in [0, 0.05) is 30.9 Å². The van der Waals surface area contributed by atoms with Gasteiger partial charge in [0.1, 0.15) is 5.82 Å². The van der Waals surface area contributed by atoms with Gasteiger partial charge in [0.05, 0.1) is 0 Å². The second-order valence-electron chi connectivity index (χ2n) is 3.87. The molecule has 5 heteroatoms. The van der Waals surface area contributed by atoms with Crippen molar-refractivity contribution in [2.45, 2.75) is 0 Å². The second kappa shape index (κ2) is 4.59. The fourth-order valence-electron chi connectivity index (χ4n) is 1.45. The Morgan fingerprint density at radius 1 is 1.18 bits per heavy atom. The van der Waals surface area contributed by atoms with Crippen molar-refractivity contribution in [2.24, 2.45) is 0 Å². The lowest BCUT2D eigenvalue weighted by molar-refractivity contribution is 1.00. The number of hydrogen-bond donors (Lipinski definition) is 1. The van der Waals surface area contributed by atoms with Crippen LogP contribution in [0, 0.1) is 0 Å². The quantitative estimate of drug-likeness (QED) is 0.887. The molecule has 2 N–H and O–H groups in total. The van der Waals surface area contributed by atoms with Gasteiger partial charge in [0.25, 0.3) is 0 Å². The lowest BCUT2D eigenvalue weighted by Gasteiger charge is -2.12. The smallest absolute Gasteiger partial charge is 0.226 e. The van der Waals surface area contributed by atoms with Gasteiger partial charge in [-0.05, 0) is 17.7 Å². The molecule has 1 aromatic heterocycles. The van der Waals surface area contributed by atoms with E-state index in [0.29, 0.717) is 16.8 Å². The summed E-state index contributed by atoms with van der Waals surface area (Å²) < 4.78 is 0. The highest BCUT2D eigenvalue weighted by atomic mass is 35.5. The minimum Gasteiger partial charge on any atom is -0.383 e. The highest BCUT2D eigenvalue weighted by Crippen LogP contribution is 2.25. The summed E-state index contributed by atoms with van der Waals surface area (Å²) in [4.78, 5) is 10.3. The first-order chi connectivity index (χ1) is 8.08. The Bertz CT molecular complexity index is 523. The fourth-order valence-corrected chi connectivity index (χ4v) is 1.58. The van der Waals surface area contributed by atoms with E-state index in [-0.39, 0.29) is 0 Å². The molecule has 4 nitrogen and oxygen atoms in total. The van der Waals surface area contributed by atoms with Gasteiger partial charge in [-0.2, -0.15) is 4.98 Å². The molecule has 0 fully saturated rings. The molecule has 1 heterocycles. The molecule has 0 atom stereocenters. The Hall–Kier alpha value is -1.81. The molecule has 0 bridgehead atoms. The van der Waals surface area contributed by atoms with Crippen molar-refractivity contribution in [3.8, 4) is 11.1 Å². The van der Waals surface area contributed by atoms with Gasteiger partial charge in [-0.1, -0.05) is 23.7 Å². The van der Waals surface area contributed by atoms with Crippen LogP contribution in [0.5, 0.6) is 0 Å². The van der Waals surface area contributed by atoms with Crippen LogP contribution >= 0.6 is 11.6 Å². The zero-order chi connectivity index (χ0) is 12.4. The van der Waals surface area contributed by atoms with Gasteiger partial charge < -0.3 is 10.6 Å². The minimum absolute atomic E-state index is 0.464. The summed E-state index contributed by atoms with van der Waals surface area (Å²) in [7, 11) is 3.74. The maximum Gasteiger partial charge on any atom is 0.226 e. The molecular formula is C12H13ClN4. The zero-order valence-electron chi connectivity index (χ0n) is 9.68. The SMILES string of the molecule is CN(C)c1ncc(-c2ccc(Cl)cc2)c(N)n1. The Morgan fingerprint density at radius 3 is 2.35 bits per heavy atom. The van der Waals surface area contributed by atoms with Crippen LogP contribution in [0.1, 0.15) is 0 Å². The molecule has 0 amide bonds. The van der Waals surface area contributed by atoms with E-state index < -0.39 is 0 Å². The van der Waals surface area contributed by atoms with Gasteiger partial charge in [-0.25, -0.2) is 4.98 Å². The first kappa shape index (κ1) is 11.7. The molecule has 0 aliphatic rings. The van der Waals surface area contributed by atoms with Crippen LogP contribution in [-0.2, 0) is 0 Å². The summed E-state index contributed by atoms with van der Waals surface area (Å²) in [5, 5.41) is 0.693. The first-order valence-electron chi connectivity index (χ1n) is 5.13. The highest BCUT2D eigenvalue weighted by Gasteiger charge is 2.07. The van der Waals surface area contributed by atoms with E-state index in [2.05, 4.69) is 9.97 Å². The topological polar surface area (TPSA) is 55.0 Å². The van der Waals surface area contributed by atoms with Crippen LogP contribution in [0.3, 0.4) is 0 Å². The van der Waals surface area contributed by atoms with E-state index in [9.17, 15) is 0 Å². The molecule has 0 spiro atoms. The summed E-state index contributed by atoms with van der Waals surface area (Å²) in [5.41, 5.74) is 7.69. The van der Waals surface area contributed by atoms with Gasteiger partial charge in [-0.15, -0.1) is 0 Å². The Balaban J connectivity index is 2.43. The van der Waals surface area contributed by atoms with Crippen molar-refractivity contribution in [3.63, 3.8) is 0 Å². The number of benzene rings is 1. The van der Waals surface area contributed by atoms with E-state index in [0.717, 1.165) is 11.1 Å². The third-order valence-electron chi connectivity index (χ3n) is 2.36. The third kappa shape index (κ3) is 2.47. The van der Waals surface area contributed by atoms with E-state index >= 15 is 0 Å². The van der Waals surface area contributed by atoms with E-state index in [1.807, 2.05) is 43.3 Å². The van der Waals surface area contributed by atoms with Crippen molar-refractivity contribution in [3.05, 3.63) is 35.5 Å². The summed E-state index contributed by atoms with van der Waals surface area (Å²) in [6.07, 6.45) is 1.72. The maximum atomic E-state index is 5.92. The number of nitrogens with two attached hydrogens (primary N) is 1. The molecule has 2 rings (SSSR count). The van der Waals surface area contributed by atoms with E-state index in [1.165, 1.54) is 0 Å². The molecule has 0 radical (unpaired) electrons. The first-order valence-corrected chi connectivity index (χ1v) is 5.51. The minimum atomic E-state index is 0.464. The molecule has 1 aromatic carbocycles. The van der Waals surface area contributed by atoms with Gasteiger partial charge in [0.15, 0.2) is 0 Å². The standard InChI is InChI=1S/C12H13ClN4/c1-17(2)12-15-7-10(11(14)16-12)8-3-5-9(13)6-4-8/h3-7H,1-2H3,(H2,14,15,16). The predicted molar refractivity (Wildman–Crippen MR) is 71.2 cm³/mol. The molecule has 17 heavy (non-hydrogen) atoms. The number of nitrogen functional groups attached to an aromatic ring is 1. The van der Waals surface area contributed by atoms with Crippen molar-refractivity contribution in [1.29, 1.82) is 0 Å². The van der Waals surface area contributed by atoms with Crippen LogP contribution in [-0.4, -0.2) is 24.1 Å². The summed E-state index contributed by atoms with van der Waals surface area (Å²) in [6.45, 7) is 0. The molecule has 2 aromatic rings. The van der Waals surface area contributed by atoms with Crippen molar-refractivity contribution < 1.29 is 0 Å². The average molecular weight is 249 g/mol. The zero-order valence-corrected chi connectivity index (χ0v) is 10.4. The molecule has 0 aliphatic heterocycles. The van der Waals surface area contributed by atoms with Gasteiger partial charge in [0.2, 0.25) is 5.95 Å². The molecular weight excluding hydrogens is 236 g/mol. The Labute approximate surface area is 105 Å². The van der Waals surface area contributed by atoms with Crippen LogP contribution in [0.15, 0.2) is 30.5 Å². The van der Waals surface area contributed by atoms with Crippen LogP contribution in [0.25, 0.3) is 11.1 Å². The lowest BCUT2D eigenvalue weighted by Crippen LogP contribution is -2.13. The normalized spacial score (nSPS) is 10.3. The second-order valence-corrected chi connectivity index (χ2v) is 4.31. The number of halogens is 1. The average Bonchev–Trinajstić information content (AvgIpc) is 2.30. The van der Waals surface area contributed by atoms with E-state index in [1.54, 1.807) is 6.20 Å². The van der Waals surface area contributed by atoms with Crippen LogP contribution in [0.4, 0.5) is 11.8 Å². The summed E-state index contributed by atoms with van der Waals surface area (Å²) >= 11 is 5.84. The third-order valence-corrected chi connectivity index (χ3v) is 2.61. The highest BCUT2D eigenvalue weighted by molar-refractivity contribution is 6.30. The summed E-state index contributed by atoms with van der Waals surface area (Å²) in [6, 6.07) is 7.42. The van der Waals surface area contributed by atoms with Crippen molar-refractivity contribution in [2.75, 3.05) is 24.7 Å². The van der Waals surface area contributed by atoms with Crippen LogP contribution in [0.2, 0.25) is 5.02 Å². The molecule has 0 unspecified atom stereocenters. The van der Waals surface area contributed by atoms with E-state index in [4.69, 9.17) is 17.3 Å². The summed E-state index contributed by atoms with van der Waals surface area (Å²) in [5.74, 6) is 1.06. The lowest BCUT2D eigenvalue weighted by atomic mass is 10.1. The molecule has 88 valence electrons. The monoisotopic (exact) mass is 248 g/mol. The number of anilines is 2. The maximum absolute atomic E-state index is 5.92. The number of hydrogen-bond acceptors (Lipinski definition) is 4. The largest absolute Gasteiger partial charge is 0.383 e. The van der Waals surface area contributed by atoms with Crippen molar-refractivity contribution >= 4 is 23.4 Å². The molecule has 0 aliphatic carbocycles. The van der Waals surface area contributed by atoms with Crippen molar-refractivity contribution in [1.82, 2.24) is 9.97 Å². The van der Waals surface area contributed by atoms with Gasteiger partial charge in [-0.3, -0.25) is 0 Å². The Morgan fingerprint density at radius 2 is 1.82 bits per heavy atom. The molecule has 0 saturated heterocycles. The number of aromatic nitrogens is 2. The predicted octanol–water partition coefficient (Wildman–Crippen LogP) is 2.45. The van der Waals surface area contributed by atoms with Gasteiger partial charge >= 0.3 is 0 Å². The number of nitrogens with zero attached hydrogens (tertiary/aromatic N) is 3. The fraction of sp³-hybridized carbons (Fsp3) is 0.167. The molecule has 0 saturated carbocycles. The van der Waals surface area contributed by atoms with Crippen LogP contribution < -0.4 is 10.6 Å². The Kier molecular flexibility index (Phi) is 3.15. The number of rotatable bonds is 2.